The van der Waals surface area contributed by atoms with Gasteiger partial charge in [0.1, 0.15) is 4.88 Å². The molecule has 2 rings (SSSR count). The number of carbonyl (C=O) groups excluding carboxylic acids is 1. The van der Waals surface area contributed by atoms with Crippen molar-refractivity contribution in [3.05, 3.63) is 16.3 Å². The maximum absolute atomic E-state index is 11.9. The summed E-state index contributed by atoms with van der Waals surface area (Å²) in [6, 6.07) is 1.72. The van der Waals surface area contributed by atoms with E-state index in [1.54, 1.807) is 11.4 Å². The Morgan fingerprint density at radius 2 is 2.28 bits per heavy atom. The number of amides is 1. The third-order valence-electron chi connectivity index (χ3n) is 3.68. The summed E-state index contributed by atoms with van der Waals surface area (Å²) in [6.45, 7) is 2.51. The van der Waals surface area contributed by atoms with Crippen LogP contribution in [0.4, 0.5) is 5.69 Å². The van der Waals surface area contributed by atoms with Crippen LogP contribution in [0.2, 0.25) is 0 Å². The monoisotopic (exact) mass is 268 g/mol. The predicted molar refractivity (Wildman–Crippen MR) is 73.6 cm³/mol. The Bertz CT molecular complexity index is 422. The number of thiophene rings is 1. The Labute approximate surface area is 111 Å². The summed E-state index contributed by atoms with van der Waals surface area (Å²) in [4.78, 5) is 12.4. The third-order valence-corrected chi connectivity index (χ3v) is 4.61. The highest BCUT2D eigenvalue weighted by molar-refractivity contribution is 7.12. The van der Waals surface area contributed by atoms with E-state index in [0.29, 0.717) is 23.0 Å². The molecule has 0 saturated heterocycles. The quantitative estimate of drug-likeness (QED) is 0.785. The van der Waals surface area contributed by atoms with Gasteiger partial charge >= 0.3 is 0 Å². The van der Waals surface area contributed by atoms with E-state index in [0.717, 1.165) is 25.7 Å². The molecule has 1 aromatic heterocycles. The fourth-order valence-electron chi connectivity index (χ4n) is 2.31. The molecule has 1 fully saturated rings. The molecule has 1 amide bonds. The standard InChI is InChI=1S/C13H20N2O2S/c1-9-2-5-13(17,6-3-9)8-15-12(16)11-10(14)4-7-18-11/h4,7,9,17H,2-3,5-6,8,14H2,1H3,(H,15,16). The molecule has 1 aliphatic carbocycles. The van der Waals surface area contributed by atoms with Crippen molar-refractivity contribution in [3.8, 4) is 0 Å². The Morgan fingerprint density at radius 1 is 1.61 bits per heavy atom. The predicted octanol–water partition coefficient (Wildman–Crippen LogP) is 2.00. The minimum absolute atomic E-state index is 0.186. The molecule has 4 nitrogen and oxygen atoms in total. The molecule has 1 aromatic rings. The molecule has 1 aliphatic rings. The van der Waals surface area contributed by atoms with E-state index in [2.05, 4.69) is 12.2 Å². The number of nitrogens with two attached hydrogens (primary N) is 1. The summed E-state index contributed by atoms with van der Waals surface area (Å²) >= 11 is 1.32. The van der Waals surface area contributed by atoms with Crippen molar-refractivity contribution in [2.24, 2.45) is 5.92 Å². The second-order valence-corrected chi connectivity index (χ2v) is 6.21. The minimum Gasteiger partial charge on any atom is -0.397 e. The summed E-state index contributed by atoms with van der Waals surface area (Å²) in [5, 5.41) is 14.9. The average molecular weight is 268 g/mol. The second kappa shape index (κ2) is 5.28. The van der Waals surface area contributed by atoms with Gasteiger partial charge in [-0.05, 0) is 43.0 Å². The number of anilines is 1. The van der Waals surface area contributed by atoms with Crippen molar-refractivity contribution in [2.45, 2.75) is 38.2 Å². The number of hydrogen-bond acceptors (Lipinski definition) is 4. The van der Waals surface area contributed by atoms with Crippen molar-refractivity contribution in [3.63, 3.8) is 0 Å². The summed E-state index contributed by atoms with van der Waals surface area (Å²) in [5.74, 6) is 0.489. The molecule has 4 N–H and O–H groups in total. The van der Waals surface area contributed by atoms with Gasteiger partial charge in [0.15, 0.2) is 0 Å². The minimum atomic E-state index is -0.742. The van der Waals surface area contributed by atoms with Gasteiger partial charge in [-0.15, -0.1) is 11.3 Å². The van der Waals surface area contributed by atoms with Crippen molar-refractivity contribution >= 4 is 22.9 Å². The first kappa shape index (κ1) is 13.4. The van der Waals surface area contributed by atoms with E-state index in [9.17, 15) is 9.90 Å². The zero-order valence-corrected chi connectivity index (χ0v) is 11.4. The smallest absolute Gasteiger partial charge is 0.263 e. The third kappa shape index (κ3) is 3.03. The molecule has 0 radical (unpaired) electrons. The normalized spacial score (nSPS) is 28.0. The lowest BCUT2D eigenvalue weighted by Crippen LogP contribution is -2.45. The summed E-state index contributed by atoms with van der Waals surface area (Å²) < 4.78 is 0. The molecule has 0 bridgehead atoms. The second-order valence-electron chi connectivity index (χ2n) is 5.29. The number of carbonyl (C=O) groups is 1. The van der Waals surface area contributed by atoms with Gasteiger partial charge in [-0.1, -0.05) is 6.92 Å². The summed E-state index contributed by atoms with van der Waals surface area (Å²) in [7, 11) is 0. The van der Waals surface area contributed by atoms with Crippen LogP contribution < -0.4 is 11.1 Å². The van der Waals surface area contributed by atoms with Crippen LogP contribution in [-0.4, -0.2) is 23.2 Å². The maximum atomic E-state index is 11.9. The Kier molecular flexibility index (Phi) is 3.92. The van der Waals surface area contributed by atoms with Crippen molar-refractivity contribution in [1.29, 1.82) is 0 Å². The Hall–Kier alpha value is -1.07. The molecule has 5 heteroatoms. The van der Waals surface area contributed by atoms with Crippen LogP contribution in [-0.2, 0) is 0 Å². The van der Waals surface area contributed by atoms with Gasteiger partial charge in [0, 0.05) is 6.54 Å². The SMILES string of the molecule is CC1CCC(O)(CNC(=O)c2sccc2N)CC1. The van der Waals surface area contributed by atoms with E-state index in [1.165, 1.54) is 11.3 Å². The first-order valence-corrected chi connectivity index (χ1v) is 7.22. The maximum Gasteiger partial charge on any atom is 0.263 e. The van der Waals surface area contributed by atoms with Crippen LogP contribution in [0.15, 0.2) is 11.4 Å². The van der Waals surface area contributed by atoms with Crippen molar-refractivity contribution in [2.75, 3.05) is 12.3 Å². The molecular formula is C13H20N2O2S. The van der Waals surface area contributed by atoms with Crippen molar-refractivity contribution < 1.29 is 9.90 Å². The molecule has 0 aliphatic heterocycles. The van der Waals surface area contributed by atoms with Gasteiger partial charge in [-0.2, -0.15) is 0 Å². The Balaban J connectivity index is 1.88. The van der Waals surface area contributed by atoms with E-state index in [4.69, 9.17) is 5.73 Å². The first-order valence-electron chi connectivity index (χ1n) is 6.34. The number of nitrogen functional groups attached to an aromatic ring is 1. The molecule has 1 heterocycles. The van der Waals surface area contributed by atoms with Gasteiger partial charge in [-0.25, -0.2) is 0 Å². The van der Waals surface area contributed by atoms with Gasteiger partial charge in [-0.3, -0.25) is 4.79 Å². The van der Waals surface area contributed by atoms with Crippen LogP contribution in [0.25, 0.3) is 0 Å². The zero-order valence-electron chi connectivity index (χ0n) is 10.6. The van der Waals surface area contributed by atoms with Crippen LogP contribution in [0, 0.1) is 5.92 Å². The van der Waals surface area contributed by atoms with Crippen LogP contribution >= 0.6 is 11.3 Å². The molecule has 0 spiro atoms. The lowest BCUT2D eigenvalue weighted by atomic mass is 9.79. The molecular weight excluding hydrogens is 248 g/mol. The van der Waals surface area contributed by atoms with Crippen LogP contribution in [0.3, 0.4) is 0 Å². The number of rotatable bonds is 3. The topological polar surface area (TPSA) is 75.3 Å². The number of aliphatic hydroxyl groups is 1. The van der Waals surface area contributed by atoms with Gasteiger partial charge in [0.2, 0.25) is 0 Å². The molecule has 18 heavy (non-hydrogen) atoms. The fraction of sp³-hybridized carbons (Fsp3) is 0.615. The highest BCUT2D eigenvalue weighted by Gasteiger charge is 2.32. The lowest BCUT2D eigenvalue weighted by Gasteiger charge is -2.34. The molecule has 0 aromatic carbocycles. The fourth-order valence-corrected chi connectivity index (χ4v) is 3.04. The van der Waals surface area contributed by atoms with Crippen LogP contribution in [0.1, 0.15) is 42.3 Å². The van der Waals surface area contributed by atoms with E-state index in [1.807, 2.05) is 0 Å². The highest BCUT2D eigenvalue weighted by atomic mass is 32.1. The first-order chi connectivity index (χ1) is 8.50. The average Bonchev–Trinajstić information content (AvgIpc) is 2.77. The molecule has 0 atom stereocenters. The van der Waals surface area contributed by atoms with Crippen molar-refractivity contribution in [1.82, 2.24) is 5.32 Å². The van der Waals surface area contributed by atoms with Gasteiger partial charge < -0.3 is 16.2 Å². The van der Waals surface area contributed by atoms with Gasteiger partial charge in [0.05, 0.1) is 11.3 Å². The number of hydrogen-bond donors (Lipinski definition) is 3. The van der Waals surface area contributed by atoms with E-state index >= 15 is 0 Å². The lowest BCUT2D eigenvalue weighted by molar-refractivity contribution is -0.00536. The molecule has 0 unspecified atom stereocenters. The van der Waals surface area contributed by atoms with E-state index in [-0.39, 0.29) is 5.91 Å². The number of nitrogens with one attached hydrogen (secondary N) is 1. The van der Waals surface area contributed by atoms with Gasteiger partial charge in [0.25, 0.3) is 5.91 Å². The zero-order chi connectivity index (χ0) is 13.2. The summed E-state index contributed by atoms with van der Waals surface area (Å²) in [6.07, 6.45) is 3.56. The largest absolute Gasteiger partial charge is 0.397 e. The van der Waals surface area contributed by atoms with Crippen LogP contribution in [0.5, 0.6) is 0 Å². The van der Waals surface area contributed by atoms with E-state index < -0.39 is 5.60 Å². The molecule has 100 valence electrons. The highest BCUT2D eigenvalue weighted by Crippen LogP contribution is 2.31. The summed E-state index contributed by atoms with van der Waals surface area (Å²) in [5.41, 5.74) is 5.45. The molecule has 1 saturated carbocycles. The Morgan fingerprint density at radius 3 is 2.83 bits per heavy atom.